The number of hydrogen-bond acceptors (Lipinski definition) is 8. The Morgan fingerprint density at radius 1 is 0.979 bits per heavy atom. The lowest BCUT2D eigenvalue weighted by atomic mass is 9.56. The first-order chi connectivity index (χ1) is 22.7. The lowest BCUT2D eigenvalue weighted by Gasteiger charge is -2.50. The van der Waals surface area contributed by atoms with E-state index in [2.05, 4.69) is 15.9 Å². The summed E-state index contributed by atoms with van der Waals surface area (Å²) in [6, 6.07) is 12.7. The average Bonchev–Trinajstić information content (AvgIpc) is 3.40. The number of carbonyl (C=O) groups is 4. The number of amides is 4. The number of alkyl halides is 2. The van der Waals surface area contributed by atoms with Crippen molar-refractivity contribution in [2.75, 3.05) is 16.9 Å². The molecule has 1 saturated carbocycles. The topological polar surface area (TPSA) is 147 Å². The zero-order valence-corrected chi connectivity index (χ0v) is 27.8. The van der Waals surface area contributed by atoms with Gasteiger partial charge in [0.15, 0.2) is 21.2 Å². The Morgan fingerprint density at radius 3 is 2.35 bits per heavy atom. The van der Waals surface area contributed by atoms with Crippen molar-refractivity contribution in [3.8, 4) is 11.5 Å². The number of allylic oxidation sites excluding steroid dienone is 2. The van der Waals surface area contributed by atoms with E-state index in [4.69, 9.17) is 27.9 Å². The van der Waals surface area contributed by atoms with Gasteiger partial charge < -0.3 is 9.84 Å². The molecular weight excluding hydrogens is 736 g/mol. The summed E-state index contributed by atoms with van der Waals surface area (Å²) in [5.41, 5.74) is 0.182. The maximum absolute atomic E-state index is 14.5. The second-order valence-corrected chi connectivity index (χ2v) is 14.2. The highest BCUT2D eigenvalue weighted by Gasteiger charge is 2.77. The third-order valence-corrected chi connectivity index (χ3v) is 11.7. The van der Waals surface area contributed by atoms with Gasteiger partial charge in [0.1, 0.15) is 5.82 Å². The Labute approximate surface area is 290 Å². The molecule has 1 N–H and O–H groups in total. The summed E-state index contributed by atoms with van der Waals surface area (Å²) in [6.07, 6.45) is 1.36. The van der Waals surface area contributed by atoms with E-state index in [0.717, 1.165) is 28.0 Å². The zero-order valence-electron chi connectivity index (χ0n) is 24.7. The molecule has 48 heavy (non-hydrogen) atoms. The first kappa shape index (κ1) is 32.2. The van der Waals surface area contributed by atoms with Gasteiger partial charge in [0.05, 0.1) is 35.2 Å². The summed E-state index contributed by atoms with van der Waals surface area (Å²) in [5.74, 6) is -8.33. The predicted molar refractivity (Wildman–Crippen MR) is 175 cm³/mol. The fourth-order valence-electron chi connectivity index (χ4n) is 7.71. The summed E-state index contributed by atoms with van der Waals surface area (Å²) in [7, 11) is 1.33. The number of hydrogen-bond donors (Lipinski definition) is 1. The molecule has 246 valence electrons. The molecule has 2 heterocycles. The van der Waals surface area contributed by atoms with Gasteiger partial charge in [0.25, 0.3) is 17.5 Å². The molecule has 3 fully saturated rings. The molecule has 6 atom stereocenters. The molecule has 15 heteroatoms. The van der Waals surface area contributed by atoms with Gasteiger partial charge in [-0.2, -0.15) is 0 Å². The number of carbonyl (C=O) groups excluding carboxylic acids is 4. The molecule has 0 spiro atoms. The minimum Gasteiger partial charge on any atom is -0.504 e. The number of methoxy groups -OCH3 is 1. The van der Waals surface area contributed by atoms with Crippen LogP contribution in [0, 0.1) is 33.7 Å². The van der Waals surface area contributed by atoms with Crippen molar-refractivity contribution in [1.82, 2.24) is 0 Å². The van der Waals surface area contributed by atoms with Gasteiger partial charge in [0.2, 0.25) is 11.8 Å². The number of benzene rings is 3. The first-order valence-electron chi connectivity index (χ1n) is 14.7. The lowest BCUT2D eigenvalue weighted by Crippen LogP contribution is -2.60. The molecule has 3 aromatic carbocycles. The number of phenols is 1. The standard InChI is InChI=1S/C33H23BrCl2FN3O8/c1-48-24-12-15(34)11-22(27(24)41)26-20-9-10-21-25(29(43)38(28(21)42)18-3-2-4-19(13-18)40(46)47)23(20)14-32(35)30(44)39(31(45)33(26,32)36)17-7-5-16(37)6-8-17/h2-9,11-13,21,23,25-26,41H,10,14H2,1H3/t21-,23+,25-,26+,32+,33-/m0/s1. The number of nitrogens with zero attached hydrogens (tertiary/aromatic N) is 3. The average molecular weight is 759 g/mol. The first-order valence-corrected chi connectivity index (χ1v) is 16.2. The van der Waals surface area contributed by atoms with Gasteiger partial charge in [-0.3, -0.25) is 29.3 Å². The van der Waals surface area contributed by atoms with Crippen molar-refractivity contribution in [2.45, 2.75) is 28.5 Å². The van der Waals surface area contributed by atoms with Crippen LogP contribution < -0.4 is 14.5 Å². The Morgan fingerprint density at radius 2 is 1.69 bits per heavy atom. The minimum absolute atomic E-state index is 0.00874. The van der Waals surface area contributed by atoms with E-state index in [0.29, 0.717) is 10.0 Å². The molecule has 3 aromatic rings. The van der Waals surface area contributed by atoms with Crippen molar-refractivity contribution in [3.63, 3.8) is 0 Å². The van der Waals surface area contributed by atoms with Crippen LogP contribution in [0.2, 0.25) is 0 Å². The number of anilines is 2. The second-order valence-electron chi connectivity index (χ2n) is 12.1. The van der Waals surface area contributed by atoms with Crippen molar-refractivity contribution in [1.29, 1.82) is 0 Å². The van der Waals surface area contributed by atoms with Gasteiger partial charge in [0, 0.05) is 28.1 Å². The maximum Gasteiger partial charge on any atom is 0.271 e. The molecule has 0 radical (unpaired) electrons. The molecule has 2 saturated heterocycles. The van der Waals surface area contributed by atoms with Crippen molar-refractivity contribution in [3.05, 3.63) is 98.3 Å². The number of halogens is 4. The van der Waals surface area contributed by atoms with Crippen LogP contribution in [0.15, 0.2) is 76.8 Å². The van der Waals surface area contributed by atoms with E-state index in [9.17, 15) is 38.8 Å². The van der Waals surface area contributed by atoms with E-state index in [1.807, 2.05) is 0 Å². The maximum atomic E-state index is 14.5. The van der Waals surface area contributed by atoms with Gasteiger partial charge in [-0.25, -0.2) is 14.2 Å². The van der Waals surface area contributed by atoms with Crippen molar-refractivity contribution in [2.24, 2.45) is 17.8 Å². The molecule has 0 unspecified atom stereocenters. The number of rotatable bonds is 5. The van der Waals surface area contributed by atoms with Crippen LogP contribution in [0.1, 0.15) is 24.3 Å². The van der Waals surface area contributed by atoms with E-state index < -0.39 is 67.8 Å². The van der Waals surface area contributed by atoms with Gasteiger partial charge in [-0.15, -0.1) is 23.2 Å². The molecule has 4 amide bonds. The van der Waals surface area contributed by atoms with E-state index in [-0.39, 0.29) is 47.0 Å². The van der Waals surface area contributed by atoms with Crippen LogP contribution in [0.4, 0.5) is 21.5 Å². The number of imide groups is 2. The molecule has 11 nitrogen and oxygen atoms in total. The van der Waals surface area contributed by atoms with Crippen LogP contribution in [0.25, 0.3) is 0 Å². The van der Waals surface area contributed by atoms with E-state index in [1.165, 1.54) is 49.6 Å². The normalized spacial score (nSPS) is 29.4. The van der Waals surface area contributed by atoms with Gasteiger partial charge >= 0.3 is 0 Å². The molecule has 4 aliphatic rings. The fourth-order valence-corrected chi connectivity index (χ4v) is 9.10. The van der Waals surface area contributed by atoms with Crippen LogP contribution in [0.3, 0.4) is 0 Å². The van der Waals surface area contributed by atoms with Crippen molar-refractivity contribution < 1.29 is 38.3 Å². The molecule has 2 aliphatic heterocycles. The van der Waals surface area contributed by atoms with Crippen LogP contribution in [0.5, 0.6) is 11.5 Å². The smallest absolute Gasteiger partial charge is 0.271 e. The van der Waals surface area contributed by atoms with Crippen LogP contribution in [-0.4, -0.2) is 50.5 Å². The number of nitro groups is 1. The largest absolute Gasteiger partial charge is 0.504 e. The summed E-state index contributed by atoms with van der Waals surface area (Å²) >= 11 is 18.1. The molecule has 7 rings (SSSR count). The number of nitro benzene ring substituents is 1. The van der Waals surface area contributed by atoms with Gasteiger partial charge in [-0.1, -0.05) is 33.6 Å². The lowest BCUT2D eigenvalue weighted by molar-refractivity contribution is -0.384. The molecular formula is C33H23BrCl2FN3O8. The predicted octanol–water partition coefficient (Wildman–Crippen LogP) is 5.98. The number of non-ortho nitro benzene ring substituents is 1. The van der Waals surface area contributed by atoms with E-state index >= 15 is 0 Å². The van der Waals surface area contributed by atoms with Gasteiger partial charge in [-0.05, 0) is 61.2 Å². The van der Waals surface area contributed by atoms with Crippen molar-refractivity contribution >= 4 is 79.8 Å². The quantitative estimate of drug-likeness (QED) is 0.110. The zero-order chi connectivity index (χ0) is 34.4. The second kappa shape index (κ2) is 11.1. The minimum atomic E-state index is -2.27. The molecule has 2 aliphatic carbocycles. The molecule has 0 aromatic heterocycles. The third kappa shape index (κ3) is 4.30. The third-order valence-electron chi connectivity index (χ3n) is 9.79. The summed E-state index contributed by atoms with van der Waals surface area (Å²) in [5, 5.41) is 23.0. The fraction of sp³-hybridized carbons (Fsp3) is 0.273. The Bertz CT molecular complexity index is 2010. The highest BCUT2D eigenvalue weighted by atomic mass is 79.9. The van der Waals surface area contributed by atoms with E-state index in [1.54, 1.807) is 6.08 Å². The summed E-state index contributed by atoms with van der Waals surface area (Å²) in [4.78, 5) is 65.0. The van der Waals surface area contributed by atoms with Crippen LogP contribution in [-0.2, 0) is 19.2 Å². The summed E-state index contributed by atoms with van der Waals surface area (Å²) in [6.45, 7) is 0. The Balaban J connectivity index is 1.42. The highest BCUT2D eigenvalue weighted by molar-refractivity contribution is 9.10. The number of fused-ring (bicyclic) bond motifs is 4. The monoisotopic (exact) mass is 757 g/mol. The number of ether oxygens (including phenoxy) is 1. The molecule has 0 bridgehead atoms. The van der Waals surface area contributed by atoms with Crippen LogP contribution >= 0.6 is 39.1 Å². The number of phenolic OH excluding ortho intramolecular Hbond substituents is 1. The summed E-state index contributed by atoms with van der Waals surface area (Å²) < 4.78 is 19.7. The Kier molecular flexibility index (Phi) is 7.46. The Hall–Kier alpha value is -4.33. The SMILES string of the molecule is COc1cc(Br)cc([C@H]2C3=CC[C@@H]4C(=O)N(c5cccc([N+](=O)[O-])c5)C(=O)[C@@H]4[C@@H]3C[C@@]3(Cl)C(=O)N(c4ccc(F)cc4)C(=O)[C@@]23Cl)c1O. The number of aromatic hydroxyl groups is 1. The highest BCUT2D eigenvalue weighted by Crippen LogP contribution is 2.67.